The largest absolute Gasteiger partial charge is 0.308 e. The predicted molar refractivity (Wildman–Crippen MR) is 31.4 cm³/mol. The molecule has 0 amide bonds. The number of nitrogens with zero attached hydrogens (tertiary/aromatic N) is 1. The minimum atomic E-state index is 1.19. The van der Waals surface area contributed by atoms with Crippen molar-refractivity contribution in [1.82, 2.24) is 0 Å². The molecule has 2 unspecified atom stereocenters. The second-order valence-electron chi connectivity index (χ2n) is 3.63. The fourth-order valence-corrected chi connectivity index (χ4v) is 2.63. The Morgan fingerprint density at radius 3 is 1.88 bits per heavy atom. The van der Waals surface area contributed by atoms with E-state index in [-0.39, 0.29) is 0 Å². The molecular weight excluding hydrogens is 98.1 g/mol. The van der Waals surface area contributed by atoms with Gasteiger partial charge in [-0.25, -0.2) is 0 Å². The molecule has 3 rings (SSSR count). The van der Waals surface area contributed by atoms with Crippen LogP contribution in [0.4, 0.5) is 0 Å². The molecule has 2 aliphatic heterocycles. The molecule has 1 spiro atoms. The molecule has 0 aromatic carbocycles. The fourth-order valence-electron chi connectivity index (χ4n) is 2.63. The lowest BCUT2D eigenvalue weighted by Gasteiger charge is -2.17. The van der Waals surface area contributed by atoms with Crippen molar-refractivity contribution in [3.05, 3.63) is 0 Å². The van der Waals surface area contributed by atoms with E-state index in [1.54, 1.807) is 10.9 Å². The van der Waals surface area contributed by atoms with Crippen molar-refractivity contribution >= 4 is 0 Å². The highest BCUT2D eigenvalue weighted by Gasteiger charge is 2.80. The summed E-state index contributed by atoms with van der Waals surface area (Å²) in [6.45, 7) is 3.07. The first kappa shape index (κ1) is 3.89. The van der Waals surface area contributed by atoms with Crippen LogP contribution in [0.5, 0.6) is 0 Å². The van der Waals surface area contributed by atoms with Crippen molar-refractivity contribution in [3.8, 4) is 0 Å². The molecule has 0 N–H and O–H groups in total. The number of hydrogen-bond donors (Lipinski definition) is 0. The van der Waals surface area contributed by atoms with Crippen molar-refractivity contribution < 1.29 is 4.48 Å². The average Bonchev–Trinajstić information content (AvgIpc) is 2.58. The summed E-state index contributed by atoms with van der Waals surface area (Å²) in [5, 5.41) is 0. The second-order valence-corrected chi connectivity index (χ2v) is 3.63. The topological polar surface area (TPSA) is 0 Å². The van der Waals surface area contributed by atoms with Gasteiger partial charge in [0.05, 0.1) is 19.5 Å². The van der Waals surface area contributed by atoms with Crippen LogP contribution in [-0.4, -0.2) is 29.7 Å². The van der Waals surface area contributed by atoms with E-state index in [1.165, 1.54) is 38.0 Å². The van der Waals surface area contributed by atoms with Gasteiger partial charge in [-0.2, -0.15) is 0 Å². The average molecular weight is 110 g/mol. The monoisotopic (exact) mass is 110 g/mol. The highest BCUT2D eigenvalue weighted by atomic mass is 15.6. The Balaban J connectivity index is 1.90. The zero-order valence-corrected chi connectivity index (χ0v) is 5.14. The molecule has 2 heterocycles. The number of rotatable bonds is 0. The second kappa shape index (κ2) is 0.860. The minimum absolute atomic E-state index is 1.19. The van der Waals surface area contributed by atoms with Gasteiger partial charge in [-0.05, 0) is 0 Å². The first-order valence-electron chi connectivity index (χ1n) is 3.80. The van der Waals surface area contributed by atoms with Crippen LogP contribution in [0.15, 0.2) is 0 Å². The molecular formula is C7H12N+. The first-order valence-corrected chi connectivity index (χ1v) is 3.80. The summed E-state index contributed by atoms with van der Waals surface area (Å²) in [5.74, 6) is 0. The van der Waals surface area contributed by atoms with Crippen LogP contribution in [0.1, 0.15) is 19.3 Å². The van der Waals surface area contributed by atoms with Gasteiger partial charge in [-0.1, -0.05) is 0 Å². The lowest BCUT2D eigenvalue weighted by Crippen LogP contribution is -2.31. The molecule has 1 nitrogen and oxygen atoms in total. The van der Waals surface area contributed by atoms with Gasteiger partial charge in [0.1, 0.15) is 12.1 Å². The Labute approximate surface area is 49.9 Å². The quantitative estimate of drug-likeness (QED) is 0.319. The van der Waals surface area contributed by atoms with Crippen LogP contribution < -0.4 is 0 Å². The van der Waals surface area contributed by atoms with Gasteiger partial charge in [0.2, 0.25) is 0 Å². The summed E-state index contributed by atoms with van der Waals surface area (Å²) in [6, 6.07) is 2.38. The first-order chi connectivity index (χ1) is 3.93. The molecule has 0 radical (unpaired) electrons. The van der Waals surface area contributed by atoms with Gasteiger partial charge in [0, 0.05) is 12.8 Å². The Kier molecular flexibility index (Phi) is 0.418. The van der Waals surface area contributed by atoms with Gasteiger partial charge >= 0.3 is 0 Å². The fraction of sp³-hybridized carbons (Fsp3) is 1.00. The maximum absolute atomic E-state index is 1.58. The third-order valence-corrected chi connectivity index (χ3v) is 3.35. The molecule has 2 atom stereocenters. The van der Waals surface area contributed by atoms with Crippen molar-refractivity contribution in [2.45, 2.75) is 31.3 Å². The number of fused-ring (bicyclic) bond motifs is 3. The lowest BCUT2D eigenvalue weighted by molar-refractivity contribution is -0.838. The Morgan fingerprint density at radius 2 is 1.62 bits per heavy atom. The molecule has 3 aliphatic rings. The highest BCUT2D eigenvalue weighted by Crippen LogP contribution is 2.61. The molecule has 1 saturated carbocycles. The Bertz CT molecular complexity index is 125. The zero-order chi connectivity index (χ0) is 5.19. The SMILES string of the molecule is C1CC[N+]2(C1)C1CC12. The van der Waals surface area contributed by atoms with Crippen LogP contribution in [-0.2, 0) is 0 Å². The molecule has 3 fully saturated rings. The van der Waals surface area contributed by atoms with Gasteiger partial charge in [0.15, 0.2) is 0 Å². The summed E-state index contributed by atoms with van der Waals surface area (Å²) in [6.07, 6.45) is 4.62. The van der Waals surface area contributed by atoms with E-state index in [1.807, 2.05) is 0 Å². The maximum atomic E-state index is 1.58. The van der Waals surface area contributed by atoms with Crippen molar-refractivity contribution in [1.29, 1.82) is 0 Å². The van der Waals surface area contributed by atoms with Crippen LogP contribution >= 0.6 is 0 Å². The van der Waals surface area contributed by atoms with Gasteiger partial charge < -0.3 is 4.48 Å². The standard InChI is InChI=1S/C7H12N/c1-2-4-8(3-1)6-5-7(6)8/h6-7H,1-5H2/q+1. The van der Waals surface area contributed by atoms with Gasteiger partial charge in [0.25, 0.3) is 0 Å². The molecule has 0 aromatic heterocycles. The van der Waals surface area contributed by atoms with E-state index in [0.29, 0.717) is 0 Å². The summed E-state index contributed by atoms with van der Waals surface area (Å²) in [7, 11) is 0. The van der Waals surface area contributed by atoms with E-state index in [9.17, 15) is 0 Å². The molecule has 2 saturated heterocycles. The third kappa shape index (κ3) is 0.235. The molecule has 8 heavy (non-hydrogen) atoms. The van der Waals surface area contributed by atoms with E-state index in [0.717, 1.165) is 0 Å². The van der Waals surface area contributed by atoms with E-state index in [4.69, 9.17) is 0 Å². The summed E-state index contributed by atoms with van der Waals surface area (Å²) >= 11 is 0. The Morgan fingerprint density at radius 1 is 1.00 bits per heavy atom. The van der Waals surface area contributed by atoms with Gasteiger partial charge in [-0.15, -0.1) is 0 Å². The zero-order valence-electron chi connectivity index (χ0n) is 5.14. The van der Waals surface area contributed by atoms with E-state index >= 15 is 0 Å². The lowest BCUT2D eigenvalue weighted by atomic mass is 10.4. The summed E-state index contributed by atoms with van der Waals surface area (Å²) in [5.41, 5.74) is 0. The maximum Gasteiger partial charge on any atom is 0.148 e. The smallest absolute Gasteiger partial charge is 0.148 e. The van der Waals surface area contributed by atoms with E-state index < -0.39 is 0 Å². The van der Waals surface area contributed by atoms with Gasteiger partial charge in [-0.3, -0.25) is 0 Å². The van der Waals surface area contributed by atoms with E-state index in [2.05, 4.69) is 0 Å². The number of quaternary nitrogens is 1. The summed E-state index contributed by atoms with van der Waals surface area (Å²) in [4.78, 5) is 0. The Hall–Kier alpha value is -0.0400. The normalized spacial score (nSPS) is 54.0. The predicted octanol–water partition coefficient (Wildman–Crippen LogP) is 0.752. The van der Waals surface area contributed by atoms with Crippen LogP contribution in [0.2, 0.25) is 0 Å². The highest BCUT2D eigenvalue weighted by molar-refractivity contribution is 5.07. The van der Waals surface area contributed by atoms with Crippen molar-refractivity contribution in [3.63, 3.8) is 0 Å². The molecule has 1 aliphatic carbocycles. The molecule has 44 valence electrons. The van der Waals surface area contributed by atoms with Crippen molar-refractivity contribution in [2.75, 3.05) is 13.1 Å². The molecule has 1 heteroatoms. The number of hydrogen-bond acceptors (Lipinski definition) is 0. The van der Waals surface area contributed by atoms with Crippen LogP contribution in [0.3, 0.4) is 0 Å². The summed E-state index contributed by atoms with van der Waals surface area (Å²) < 4.78 is 1.58. The van der Waals surface area contributed by atoms with Crippen LogP contribution in [0, 0.1) is 0 Å². The molecule has 0 bridgehead atoms. The minimum Gasteiger partial charge on any atom is -0.308 e. The van der Waals surface area contributed by atoms with Crippen LogP contribution in [0.25, 0.3) is 0 Å². The van der Waals surface area contributed by atoms with Crippen molar-refractivity contribution in [2.24, 2.45) is 0 Å². The molecule has 0 aromatic rings. The third-order valence-electron chi connectivity index (χ3n) is 3.35.